The Morgan fingerprint density at radius 1 is 1.26 bits per heavy atom. The van der Waals surface area contributed by atoms with Gasteiger partial charge in [-0.25, -0.2) is 0 Å². The number of aliphatic hydroxyl groups excluding tert-OH is 1. The molecule has 5 heteroatoms. The third-order valence-electron chi connectivity index (χ3n) is 3.54. The van der Waals surface area contributed by atoms with Gasteiger partial charge in [0.1, 0.15) is 5.75 Å². The highest BCUT2D eigenvalue weighted by molar-refractivity contribution is 6.31. The number of nitrogens with one attached hydrogen (secondary N) is 1. The number of amides is 1. The van der Waals surface area contributed by atoms with Gasteiger partial charge in [0.25, 0.3) is 0 Å². The summed E-state index contributed by atoms with van der Waals surface area (Å²) in [5.41, 5.74) is 1.59. The van der Waals surface area contributed by atoms with Gasteiger partial charge in [-0.2, -0.15) is 0 Å². The van der Waals surface area contributed by atoms with Gasteiger partial charge in [-0.05, 0) is 29.7 Å². The topological polar surface area (TPSA) is 58.6 Å². The monoisotopic (exact) mass is 333 g/mol. The van der Waals surface area contributed by atoms with Crippen LogP contribution in [0.3, 0.4) is 0 Å². The molecule has 0 bridgehead atoms. The molecule has 0 aromatic heterocycles. The van der Waals surface area contributed by atoms with Gasteiger partial charge in [0.2, 0.25) is 5.91 Å². The van der Waals surface area contributed by atoms with Crippen molar-refractivity contribution in [3.63, 3.8) is 0 Å². The maximum absolute atomic E-state index is 12.0. The van der Waals surface area contributed by atoms with Gasteiger partial charge < -0.3 is 15.2 Å². The van der Waals surface area contributed by atoms with Gasteiger partial charge in [-0.3, -0.25) is 4.79 Å². The number of rotatable bonds is 7. The van der Waals surface area contributed by atoms with E-state index in [0.717, 1.165) is 11.1 Å². The summed E-state index contributed by atoms with van der Waals surface area (Å²) in [4.78, 5) is 12.0. The van der Waals surface area contributed by atoms with Gasteiger partial charge in [-0.15, -0.1) is 0 Å². The quantitative estimate of drug-likeness (QED) is 0.818. The largest absolute Gasteiger partial charge is 0.497 e. The van der Waals surface area contributed by atoms with Crippen molar-refractivity contribution < 1.29 is 14.6 Å². The molecule has 0 spiro atoms. The maximum atomic E-state index is 12.0. The summed E-state index contributed by atoms with van der Waals surface area (Å²) in [7, 11) is 1.57. The lowest BCUT2D eigenvalue weighted by Crippen LogP contribution is -2.27. The Balaban J connectivity index is 1.79. The predicted molar refractivity (Wildman–Crippen MR) is 90.7 cm³/mol. The molecular weight excluding hydrogens is 314 g/mol. The Morgan fingerprint density at radius 3 is 2.65 bits per heavy atom. The van der Waals surface area contributed by atoms with Crippen LogP contribution in [-0.2, 0) is 11.2 Å². The molecule has 23 heavy (non-hydrogen) atoms. The molecule has 0 saturated heterocycles. The van der Waals surface area contributed by atoms with E-state index in [0.29, 0.717) is 23.7 Å². The minimum atomic E-state index is -0.582. The first-order valence-electron chi connectivity index (χ1n) is 7.42. The summed E-state index contributed by atoms with van der Waals surface area (Å²) in [5.74, 6) is 0.530. The molecule has 0 saturated carbocycles. The van der Waals surface area contributed by atoms with E-state index in [1.807, 2.05) is 30.3 Å². The molecule has 2 aromatic carbocycles. The lowest BCUT2D eigenvalue weighted by atomic mass is 10.1. The lowest BCUT2D eigenvalue weighted by Gasteiger charge is -2.12. The van der Waals surface area contributed by atoms with Crippen molar-refractivity contribution in [2.45, 2.75) is 18.9 Å². The summed E-state index contributed by atoms with van der Waals surface area (Å²) in [5, 5.41) is 13.3. The SMILES string of the molecule is COc1ccc(CC(=O)NCC[C@@H](O)c2ccccc2)c(Cl)c1. The van der Waals surface area contributed by atoms with Crippen molar-refractivity contribution in [2.75, 3.05) is 13.7 Å². The summed E-state index contributed by atoms with van der Waals surface area (Å²) in [6, 6.07) is 14.6. The molecule has 4 nitrogen and oxygen atoms in total. The standard InChI is InChI=1S/C18H20ClNO3/c1-23-15-8-7-14(16(19)12-15)11-18(22)20-10-9-17(21)13-5-3-2-4-6-13/h2-8,12,17,21H,9-11H2,1H3,(H,20,22)/t17-/m1/s1. The second kappa shape index (κ2) is 8.56. The second-order valence-corrected chi connectivity index (χ2v) is 5.61. The molecule has 122 valence electrons. The van der Waals surface area contributed by atoms with Crippen LogP contribution >= 0.6 is 11.6 Å². The molecule has 0 heterocycles. The number of hydrogen-bond donors (Lipinski definition) is 2. The maximum Gasteiger partial charge on any atom is 0.224 e. The minimum absolute atomic E-state index is 0.127. The number of carbonyl (C=O) groups is 1. The van der Waals surface area contributed by atoms with Gasteiger partial charge in [0.05, 0.1) is 19.6 Å². The van der Waals surface area contributed by atoms with E-state index in [9.17, 15) is 9.90 Å². The first-order valence-corrected chi connectivity index (χ1v) is 7.80. The normalized spacial score (nSPS) is 11.8. The Hall–Kier alpha value is -2.04. The predicted octanol–water partition coefficient (Wildman–Crippen LogP) is 3.13. The molecule has 0 aliphatic heterocycles. The summed E-state index contributed by atoms with van der Waals surface area (Å²) in [6.07, 6.45) is 0.0807. The number of benzene rings is 2. The fourth-order valence-corrected chi connectivity index (χ4v) is 2.46. The minimum Gasteiger partial charge on any atom is -0.497 e. The van der Waals surface area contributed by atoms with Crippen LogP contribution in [0.25, 0.3) is 0 Å². The van der Waals surface area contributed by atoms with Crippen LogP contribution in [0.15, 0.2) is 48.5 Å². The van der Waals surface area contributed by atoms with Gasteiger partial charge in [0.15, 0.2) is 0 Å². The van der Waals surface area contributed by atoms with Crippen molar-refractivity contribution in [3.8, 4) is 5.75 Å². The highest BCUT2D eigenvalue weighted by Crippen LogP contribution is 2.22. The summed E-state index contributed by atoms with van der Waals surface area (Å²) < 4.78 is 5.08. The number of ether oxygens (including phenoxy) is 1. The molecule has 1 atom stereocenters. The van der Waals surface area contributed by atoms with Crippen molar-refractivity contribution in [2.24, 2.45) is 0 Å². The fraction of sp³-hybridized carbons (Fsp3) is 0.278. The van der Waals surface area contributed by atoms with Crippen molar-refractivity contribution in [3.05, 3.63) is 64.7 Å². The van der Waals surface area contributed by atoms with E-state index in [-0.39, 0.29) is 12.3 Å². The molecule has 1 amide bonds. The fourth-order valence-electron chi connectivity index (χ4n) is 2.22. The Morgan fingerprint density at radius 2 is 2.00 bits per heavy atom. The van der Waals surface area contributed by atoms with E-state index in [1.165, 1.54) is 0 Å². The molecular formula is C18H20ClNO3. The molecule has 2 rings (SSSR count). The first-order chi connectivity index (χ1) is 11.1. The zero-order valence-electron chi connectivity index (χ0n) is 13.0. The number of hydrogen-bond acceptors (Lipinski definition) is 3. The zero-order chi connectivity index (χ0) is 16.7. The summed E-state index contributed by atoms with van der Waals surface area (Å²) >= 11 is 6.12. The molecule has 2 aromatic rings. The van der Waals surface area contributed by atoms with Crippen LogP contribution in [0, 0.1) is 0 Å². The molecule has 0 aliphatic carbocycles. The molecule has 0 fully saturated rings. The number of methoxy groups -OCH3 is 1. The van der Waals surface area contributed by atoms with Crippen LogP contribution in [0.1, 0.15) is 23.7 Å². The van der Waals surface area contributed by atoms with E-state index in [2.05, 4.69) is 5.32 Å². The molecule has 0 aliphatic rings. The van der Waals surface area contributed by atoms with E-state index in [4.69, 9.17) is 16.3 Å². The molecule has 2 N–H and O–H groups in total. The van der Waals surface area contributed by atoms with Crippen LogP contribution in [0.5, 0.6) is 5.75 Å². The highest BCUT2D eigenvalue weighted by atomic mass is 35.5. The van der Waals surface area contributed by atoms with Crippen LogP contribution in [0.2, 0.25) is 5.02 Å². The molecule has 0 unspecified atom stereocenters. The number of carbonyl (C=O) groups excluding carboxylic acids is 1. The Bertz CT molecular complexity index is 646. The third-order valence-corrected chi connectivity index (χ3v) is 3.89. The average molecular weight is 334 g/mol. The first kappa shape index (κ1) is 17.3. The Labute approximate surface area is 141 Å². The van der Waals surface area contributed by atoms with Crippen molar-refractivity contribution in [1.29, 1.82) is 0 Å². The van der Waals surface area contributed by atoms with Crippen molar-refractivity contribution >= 4 is 17.5 Å². The van der Waals surface area contributed by atoms with Crippen molar-refractivity contribution in [1.82, 2.24) is 5.32 Å². The Kier molecular flexibility index (Phi) is 6.44. The van der Waals surface area contributed by atoms with Crippen LogP contribution < -0.4 is 10.1 Å². The lowest BCUT2D eigenvalue weighted by molar-refractivity contribution is -0.120. The molecule has 0 radical (unpaired) electrons. The van der Waals surface area contributed by atoms with Crippen LogP contribution in [-0.4, -0.2) is 24.7 Å². The number of aliphatic hydroxyl groups is 1. The third kappa shape index (κ3) is 5.27. The van der Waals surface area contributed by atoms with E-state index >= 15 is 0 Å². The highest BCUT2D eigenvalue weighted by Gasteiger charge is 2.10. The van der Waals surface area contributed by atoms with E-state index in [1.54, 1.807) is 25.3 Å². The van der Waals surface area contributed by atoms with Gasteiger partial charge in [-0.1, -0.05) is 48.0 Å². The zero-order valence-corrected chi connectivity index (χ0v) is 13.7. The number of halogens is 1. The smallest absolute Gasteiger partial charge is 0.224 e. The van der Waals surface area contributed by atoms with Crippen LogP contribution in [0.4, 0.5) is 0 Å². The average Bonchev–Trinajstić information content (AvgIpc) is 2.57. The van der Waals surface area contributed by atoms with Gasteiger partial charge >= 0.3 is 0 Å². The van der Waals surface area contributed by atoms with E-state index < -0.39 is 6.10 Å². The van der Waals surface area contributed by atoms with Gasteiger partial charge in [0, 0.05) is 11.6 Å². The second-order valence-electron chi connectivity index (χ2n) is 5.20. The summed E-state index contributed by atoms with van der Waals surface area (Å²) in [6.45, 7) is 0.405.